The van der Waals surface area contributed by atoms with Gasteiger partial charge in [-0.05, 0) is 17.7 Å². The zero-order valence-corrected chi connectivity index (χ0v) is 14.4. The maximum absolute atomic E-state index is 12.1. The highest BCUT2D eigenvalue weighted by Gasteiger charge is 2.34. The van der Waals surface area contributed by atoms with Crippen LogP contribution < -0.4 is 10.1 Å². The van der Waals surface area contributed by atoms with E-state index < -0.39 is 12.0 Å². The molecule has 1 unspecified atom stereocenters. The van der Waals surface area contributed by atoms with Crippen molar-refractivity contribution >= 4 is 17.8 Å². The van der Waals surface area contributed by atoms with Crippen molar-refractivity contribution in [3.63, 3.8) is 0 Å². The van der Waals surface area contributed by atoms with Crippen molar-refractivity contribution in [2.45, 2.75) is 19.5 Å². The molecule has 0 saturated carbocycles. The Morgan fingerprint density at radius 3 is 2.48 bits per heavy atom. The molecule has 2 amide bonds. The topological polar surface area (TPSA) is 99.2 Å². The summed E-state index contributed by atoms with van der Waals surface area (Å²) in [5.41, 5.74) is 0.922. The van der Waals surface area contributed by atoms with Crippen molar-refractivity contribution in [3.05, 3.63) is 29.8 Å². The Kier molecular flexibility index (Phi) is 6.35. The second-order valence-electron chi connectivity index (χ2n) is 5.91. The molecule has 136 valence electrons. The Labute approximate surface area is 146 Å². The fraction of sp³-hybridized carbons (Fsp3) is 0.471. The summed E-state index contributed by atoms with van der Waals surface area (Å²) >= 11 is 0. The molecule has 1 aromatic carbocycles. The van der Waals surface area contributed by atoms with Crippen molar-refractivity contribution in [2.75, 3.05) is 33.3 Å². The van der Waals surface area contributed by atoms with E-state index >= 15 is 0 Å². The molecule has 1 heterocycles. The summed E-state index contributed by atoms with van der Waals surface area (Å²) in [4.78, 5) is 38.1. The second-order valence-corrected chi connectivity index (χ2v) is 5.91. The van der Waals surface area contributed by atoms with Crippen molar-refractivity contribution in [3.8, 4) is 5.75 Å². The fourth-order valence-corrected chi connectivity index (χ4v) is 2.71. The number of carboxylic acid groups (broad SMARTS) is 1. The van der Waals surface area contributed by atoms with Gasteiger partial charge in [0.05, 0.1) is 13.7 Å². The van der Waals surface area contributed by atoms with E-state index in [-0.39, 0.29) is 24.9 Å². The SMILES string of the molecule is COc1ccc(CNC(=O)CN2CCN(C(C)=O)CC2C(=O)O)cc1. The molecule has 0 bridgehead atoms. The summed E-state index contributed by atoms with van der Waals surface area (Å²) in [6, 6.07) is 6.45. The number of methoxy groups -OCH3 is 1. The number of nitrogens with zero attached hydrogens (tertiary/aromatic N) is 2. The van der Waals surface area contributed by atoms with Gasteiger partial charge in [0.15, 0.2) is 0 Å². The van der Waals surface area contributed by atoms with Crippen molar-refractivity contribution in [1.82, 2.24) is 15.1 Å². The van der Waals surface area contributed by atoms with Crippen LogP contribution in [0.1, 0.15) is 12.5 Å². The summed E-state index contributed by atoms with van der Waals surface area (Å²) in [5, 5.41) is 12.1. The maximum atomic E-state index is 12.1. The minimum absolute atomic E-state index is 0.0150. The molecule has 1 aliphatic heterocycles. The first-order valence-electron chi connectivity index (χ1n) is 8.02. The summed E-state index contributed by atoms with van der Waals surface area (Å²) < 4.78 is 5.08. The zero-order valence-electron chi connectivity index (χ0n) is 14.4. The lowest BCUT2D eigenvalue weighted by Gasteiger charge is -2.38. The van der Waals surface area contributed by atoms with Crippen LogP contribution in [0, 0.1) is 0 Å². The van der Waals surface area contributed by atoms with E-state index in [2.05, 4.69) is 5.32 Å². The number of amides is 2. The van der Waals surface area contributed by atoms with Gasteiger partial charge < -0.3 is 20.1 Å². The molecule has 2 N–H and O–H groups in total. The summed E-state index contributed by atoms with van der Waals surface area (Å²) in [6.45, 7) is 2.62. The van der Waals surface area contributed by atoms with Crippen LogP contribution in [0.3, 0.4) is 0 Å². The van der Waals surface area contributed by atoms with Crippen LogP contribution in [0.5, 0.6) is 5.75 Å². The molecule has 1 fully saturated rings. The molecule has 8 heteroatoms. The average Bonchev–Trinajstić information content (AvgIpc) is 2.60. The van der Waals surface area contributed by atoms with Gasteiger partial charge in [0.2, 0.25) is 11.8 Å². The Balaban J connectivity index is 1.87. The number of carboxylic acids is 1. The van der Waals surface area contributed by atoms with E-state index in [0.29, 0.717) is 19.6 Å². The highest BCUT2D eigenvalue weighted by atomic mass is 16.5. The lowest BCUT2D eigenvalue weighted by molar-refractivity contribution is -0.148. The van der Waals surface area contributed by atoms with Crippen LogP contribution in [0.25, 0.3) is 0 Å². The zero-order chi connectivity index (χ0) is 18.4. The van der Waals surface area contributed by atoms with Crippen LogP contribution in [0.15, 0.2) is 24.3 Å². The number of carbonyl (C=O) groups excluding carboxylic acids is 2. The Morgan fingerprint density at radius 2 is 1.92 bits per heavy atom. The van der Waals surface area contributed by atoms with Gasteiger partial charge in [-0.2, -0.15) is 0 Å². The first-order valence-corrected chi connectivity index (χ1v) is 8.02. The lowest BCUT2D eigenvalue weighted by atomic mass is 10.1. The van der Waals surface area contributed by atoms with Crippen molar-refractivity contribution < 1.29 is 24.2 Å². The Morgan fingerprint density at radius 1 is 1.24 bits per heavy atom. The van der Waals surface area contributed by atoms with Gasteiger partial charge >= 0.3 is 5.97 Å². The van der Waals surface area contributed by atoms with Crippen LogP contribution in [0.2, 0.25) is 0 Å². The molecular formula is C17H23N3O5. The number of aliphatic carboxylic acids is 1. The number of nitrogens with one attached hydrogen (secondary N) is 1. The van der Waals surface area contributed by atoms with Gasteiger partial charge in [0.1, 0.15) is 11.8 Å². The van der Waals surface area contributed by atoms with Gasteiger partial charge in [0, 0.05) is 33.1 Å². The summed E-state index contributed by atoms with van der Waals surface area (Å²) in [7, 11) is 1.58. The highest BCUT2D eigenvalue weighted by Crippen LogP contribution is 2.12. The Bertz CT molecular complexity index is 632. The van der Waals surface area contributed by atoms with Crippen LogP contribution in [-0.2, 0) is 20.9 Å². The van der Waals surface area contributed by atoms with Gasteiger partial charge in [-0.15, -0.1) is 0 Å². The third-order valence-electron chi connectivity index (χ3n) is 4.22. The molecular weight excluding hydrogens is 326 g/mol. The molecule has 0 aliphatic carbocycles. The molecule has 1 aliphatic rings. The standard InChI is InChI=1S/C17H23N3O5/c1-12(21)19-7-8-20(15(10-19)17(23)24)11-16(22)18-9-13-3-5-14(25-2)6-4-13/h3-6,15H,7-11H2,1-2H3,(H,18,22)(H,23,24). The quantitative estimate of drug-likeness (QED) is 0.746. The highest BCUT2D eigenvalue weighted by molar-refractivity contribution is 5.81. The number of rotatable bonds is 6. The third-order valence-corrected chi connectivity index (χ3v) is 4.22. The molecule has 1 atom stereocenters. The number of carbonyl (C=O) groups is 3. The summed E-state index contributed by atoms with van der Waals surface area (Å²) in [6.07, 6.45) is 0. The normalized spacial score (nSPS) is 17.8. The number of hydrogen-bond acceptors (Lipinski definition) is 5. The average molecular weight is 349 g/mol. The number of hydrogen-bond donors (Lipinski definition) is 2. The first-order chi connectivity index (χ1) is 11.9. The molecule has 25 heavy (non-hydrogen) atoms. The minimum Gasteiger partial charge on any atom is -0.497 e. The minimum atomic E-state index is -1.03. The van der Waals surface area contributed by atoms with Crippen LogP contribution >= 0.6 is 0 Å². The second kappa shape index (κ2) is 8.48. The summed E-state index contributed by atoms with van der Waals surface area (Å²) in [5.74, 6) is -0.704. The molecule has 8 nitrogen and oxygen atoms in total. The third kappa shape index (κ3) is 5.18. The van der Waals surface area contributed by atoms with Crippen molar-refractivity contribution in [2.24, 2.45) is 0 Å². The predicted molar refractivity (Wildman–Crippen MR) is 90.1 cm³/mol. The van der Waals surface area contributed by atoms with Gasteiger partial charge in [0.25, 0.3) is 0 Å². The van der Waals surface area contributed by atoms with Crippen LogP contribution in [-0.4, -0.2) is 72.0 Å². The number of ether oxygens (including phenoxy) is 1. The molecule has 0 aromatic heterocycles. The molecule has 2 rings (SSSR count). The van der Waals surface area contributed by atoms with E-state index in [1.165, 1.54) is 11.8 Å². The maximum Gasteiger partial charge on any atom is 0.322 e. The van der Waals surface area contributed by atoms with E-state index in [0.717, 1.165) is 11.3 Å². The fourth-order valence-electron chi connectivity index (χ4n) is 2.71. The van der Waals surface area contributed by atoms with E-state index in [1.54, 1.807) is 12.0 Å². The van der Waals surface area contributed by atoms with Gasteiger partial charge in [-0.25, -0.2) is 0 Å². The van der Waals surface area contributed by atoms with Crippen molar-refractivity contribution in [1.29, 1.82) is 0 Å². The largest absolute Gasteiger partial charge is 0.497 e. The van der Waals surface area contributed by atoms with E-state index in [9.17, 15) is 19.5 Å². The molecule has 0 spiro atoms. The smallest absolute Gasteiger partial charge is 0.322 e. The molecule has 0 radical (unpaired) electrons. The molecule has 1 aromatic rings. The van der Waals surface area contributed by atoms with E-state index in [1.807, 2.05) is 24.3 Å². The van der Waals surface area contributed by atoms with Gasteiger partial charge in [-0.3, -0.25) is 19.3 Å². The predicted octanol–water partition coefficient (Wildman–Crippen LogP) is -0.0713. The Hall–Kier alpha value is -2.61. The molecule has 1 saturated heterocycles. The monoisotopic (exact) mass is 349 g/mol. The number of benzene rings is 1. The van der Waals surface area contributed by atoms with Crippen LogP contribution in [0.4, 0.5) is 0 Å². The number of piperazine rings is 1. The lowest BCUT2D eigenvalue weighted by Crippen LogP contribution is -2.59. The van der Waals surface area contributed by atoms with Gasteiger partial charge in [-0.1, -0.05) is 12.1 Å². The first kappa shape index (κ1) is 18.7. The van der Waals surface area contributed by atoms with E-state index in [4.69, 9.17) is 4.74 Å².